The number of Topliss-reactive ketones (excluding diaryl/α,β-unsaturated/α-hetero) is 1. The van der Waals surface area contributed by atoms with Gasteiger partial charge >= 0.3 is 0 Å². The van der Waals surface area contributed by atoms with Gasteiger partial charge in [-0.2, -0.15) is 0 Å². The molecule has 1 heterocycles. The highest BCUT2D eigenvalue weighted by molar-refractivity contribution is 5.93. The van der Waals surface area contributed by atoms with Crippen molar-refractivity contribution in [2.24, 2.45) is 17.8 Å². The van der Waals surface area contributed by atoms with Crippen LogP contribution in [0.4, 0.5) is 0 Å². The quantitative estimate of drug-likeness (QED) is 0.747. The van der Waals surface area contributed by atoms with E-state index < -0.39 is 0 Å². The van der Waals surface area contributed by atoms with Crippen molar-refractivity contribution >= 4 is 5.78 Å². The summed E-state index contributed by atoms with van der Waals surface area (Å²) in [6.07, 6.45) is 10.9. The Labute approximate surface area is 109 Å². The highest BCUT2D eigenvalue weighted by Crippen LogP contribution is 2.49. The molecule has 3 nitrogen and oxygen atoms in total. The van der Waals surface area contributed by atoms with Gasteiger partial charge in [0.2, 0.25) is 0 Å². The number of fused-ring (bicyclic) bond motifs is 2. The van der Waals surface area contributed by atoms with Gasteiger partial charge < -0.3 is 4.57 Å². The Morgan fingerprint density at radius 1 is 1.44 bits per heavy atom. The minimum Gasteiger partial charge on any atom is -0.329 e. The second-order valence-corrected chi connectivity index (χ2v) is 6.01. The van der Waals surface area contributed by atoms with Gasteiger partial charge in [0, 0.05) is 25.4 Å². The Balaban J connectivity index is 1.66. The average Bonchev–Trinajstić information content (AvgIpc) is 3.04. The molecule has 2 saturated carbocycles. The second kappa shape index (κ2) is 4.87. The summed E-state index contributed by atoms with van der Waals surface area (Å²) in [5, 5.41) is 0. The van der Waals surface area contributed by atoms with Crippen molar-refractivity contribution in [3.63, 3.8) is 0 Å². The summed E-state index contributed by atoms with van der Waals surface area (Å²) in [6, 6.07) is 0. The van der Waals surface area contributed by atoms with Crippen LogP contribution in [0.15, 0.2) is 12.4 Å². The molecule has 0 N–H and O–H groups in total. The minimum atomic E-state index is 0.256. The van der Waals surface area contributed by atoms with Crippen molar-refractivity contribution in [1.29, 1.82) is 0 Å². The largest absolute Gasteiger partial charge is 0.329 e. The summed E-state index contributed by atoms with van der Waals surface area (Å²) in [7, 11) is 0. The van der Waals surface area contributed by atoms with Gasteiger partial charge in [-0.1, -0.05) is 13.3 Å². The van der Waals surface area contributed by atoms with E-state index in [2.05, 4.69) is 11.9 Å². The second-order valence-electron chi connectivity index (χ2n) is 6.01. The first-order chi connectivity index (χ1) is 8.78. The van der Waals surface area contributed by atoms with E-state index in [9.17, 15) is 4.79 Å². The molecular weight excluding hydrogens is 224 g/mol. The van der Waals surface area contributed by atoms with Crippen LogP contribution in [0, 0.1) is 17.8 Å². The third kappa shape index (κ3) is 2.11. The van der Waals surface area contributed by atoms with Crippen LogP contribution in [-0.2, 0) is 6.54 Å². The van der Waals surface area contributed by atoms with Crippen molar-refractivity contribution in [2.75, 3.05) is 0 Å². The molecule has 0 amide bonds. The van der Waals surface area contributed by atoms with E-state index in [1.807, 2.05) is 10.8 Å². The zero-order valence-electron chi connectivity index (χ0n) is 11.1. The number of nitrogens with zero attached hydrogens (tertiary/aromatic N) is 2. The van der Waals surface area contributed by atoms with Gasteiger partial charge in [-0.15, -0.1) is 0 Å². The van der Waals surface area contributed by atoms with Gasteiger partial charge in [-0.3, -0.25) is 4.79 Å². The molecule has 0 radical (unpaired) electrons. The van der Waals surface area contributed by atoms with E-state index in [0.29, 0.717) is 11.7 Å². The van der Waals surface area contributed by atoms with E-state index in [-0.39, 0.29) is 5.78 Å². The molecule has 0 aromatic carbocycles. The van der Waals surface area contributed by atoms with Crippen LogP contribution in [0.2, 0.25) is 0 Å². The zero-order valence-corrected chi connectivity index (χ0v) is 11.1. The fraction of sp³-hybridized carbons (Fsp3) is 0.733. The zero-order chi connectivity index (χ0) is 12.5. The Morgan fingerprint density at radius 3 is 3.00 bits per heavy atom. The number of aromatic nitrogens is 2. The monoisotopic (exact) mass is 246 g/mol. The lowest BCUT2D eigenvalue weighted by atomic mass is 9.85. The van der Waals surface area contributed by atoms with E-state index in [1.54, 1.807) is 6.20 Å². The highest BCUT2D eigenvalue weighted by atomic mass is 16.1. The standard InChI is InChI=1S/C15H22N2O/c1-2-6-17-7-5-16-15(17)14(18)10-13-9-11-3-4-12(13)8-11/h5,7,11-13H,2-4,6,8-10H2,1H3. The summed E-state index contributed by atoms with van der Waals surface area (Å²) in [6.45, 7) is 3.03. The average molecular weight is 246 g/mol. The summed E-state index contributed by atoms with van der Waals surface area (Å²) < 4.78 is 2.01. The van der Waals surface area contributed by atoms with Crippen molar-refractivity contribution < 1.29 is 4.79 Å². The van der Waals surface area contributed by atoms with Crippen LogP contribution in [0.3, 0.4) is 0 Å². The van der Waals surface area contributed by atoms with Crippen LogP contribution < -0.4 is 0 Å². The molecule has 18 heavy (non-hydrogen) atoms. The van der Waals surface area contributed by atoms with Gasteiger partial charge in [0.05, 0.1) is 0 Å². The number of hydrogen-bond acceptors (Lipinski definition) is 2. The van der Waals surface area contributed by atoms with Crippen molar-refractivity contribution in [3.8, 4) is 0 Å². The Kier molecular flexibility index (Phi) is 3.23. The van der Waals surface area contributed by atoms with Crippen molar-refractivity contribution in [2.45, 2.75) is 52.0 Å². The number of imidazole rings is 1. The van der Waals surface area contributed by atoms with E-state index >= 15 is 0 Å². The molecule has 0 aliphatic heterocycles. The van der Waals surface area contributed by atoms with Gasteiger partial charge in [0.15, 0.2) is 11.6 Å². The first-order valence-corrected chi connectivity index (χ1v) is 7.32. The summed E-state index contributed by atoms with van der Waals surface area (Å²) in [5.74, 6) is 3.32. The normalized spacial score (nSPS) is 29.9. The third-order valence-corrected chi connectivity index (χ3v) is 4.76. The highest BCUT2D eigenvalue weighted by Gasteiger charge is 2.40. The van der Waals surface area contributed by atoms with E-state index in [4.69, 9.17) is 0 Å². The summed E-state index contributed by atoms with van der Waals surface area (Å²) in [4.78, 5) is 16.6. The third-order valence-electron chi connectivity index (χ3n) is 4.76. The first-order valence-electron chi connectivity index (χ1n) is 7.32. The molecule has 3 unspecified atom stereocenters. The molecule has 3 rings (SSSR count). The topological polar surface area (TPSA) is 34.9 Å². The smallest absolute Gasteiger partial charge is 0.198 e. The molecule has 98 valence electrons. The minimum absolute atomic E-state index is 0.256. The van der Waals surface area contributed by atoms with Crippen molar-refractivity contribution in [3.05, 3.63) is 18.2 Å². The fourth-order valence-corrected chi connectivity index (χ4v) is 3.94. The number of hydrogen-bond donors (Lipinski definition) is 0. The summed E-state index contributed by atoms with van der Waals surface area (Å²) >= 11 is 0. The first kappa shape index (κ1) is 11.9. The fourth-order valence-electron chi connectivity index (χ4n) is 3.94. The SMILES string of the molecule is CCCn1ccnc1C(=O)CC1CC2CCC1C2. The number of rotatable bonds is 5. The van der Waals surface area contributed by atoms with Gasteiger partial charge in [0.1, 0.15) is 0 Å². The van der Waals surface area contributed by atoms with Gasteiger partial charge in [0.25, 0.3) is 0 Å². The van der Waals surface area contributed by atoms with E-state index in [0.717, 1.165) is 31.2 Å². The molecule has 2 fully saturated rings. The van der Waals surface area contributed by atoms with Crippen molar-refractivity contribution in [1.82, 2.24) is 9.55 Å². The molecule has 1 aromatic rings. The predicted molar refractivity (Wildman–Crippen MR) is 70.4 cm³/mol. The lowest BCUT2D eigenvalue weighted by Gasteiger charge is -2.20. The lowest BCUT2D eigenvalue weighted by molar-refractivity contribution is 0.0929. The number of carbonyl (C=O) groups excluding carboxylic acids is 1. The molecular formula is C15H22N2O. The predicted octanol–water partition coefficient (Wildman–Crippen LogP) is 3.30. The maximum Gasteiger partial charge on any atom is 0.198 e. The Morgan fingerprint density at radius 2 is 2.33 bits per heavy atom. The summed E-state index contributed by atoms with van der Waals surface area (Å²) in [5.41, 5.74) is 0. The lowest BCUT2D eigenvalue weighted by Crippen LogP contribution is -2.18. The Bertz CT molecular complexity index is 437. The molecule has 0 saturated heterocycles. The number of carbonyl (C=O) groups is 1. The molecule has 2 aliphatic rings. The molecule has 3 heteroatoms. The maximum absolute atomic E-state index is 12.4. The van der Waals surface area contributed by atoms with E-state index in [1.165, 1.54) is 25.7 Å². The molecule has 3 atom stereocenters. The van der Waals surface area contributed by atoms with Crippen LogP contribution in [0.1, 0.15) is 56.1 Å². The Hall–Kier alpha value is -1.12. The molecule has 2 aliphatic carbocycles. The molecule has 2 bridgehead atoms. The van der Waals surface area contributed by atoms with Crippen LogP contribution in [-0.4, -0.2) is 15.3 Å². The van der Waals surface area contributed by atoms with Crippen LogP contribution in [0.25, 0.3) is 0 Å². The van der Waals surface area contributed by atoms with Gasteiger partial charge in [-0.05, 0) is 43.4 Å². The van der Waals surface area contributed by atoms with Gasteiger partial charge in [-0.25, -0.2) is 4.98 Å². The number of ketones is 1. The number of aryl methyl sites for hydroxylation is 1. The molecule has 1 aromatic heterocycles. The van der Waals surface area contributed by atoms with Crippen LogP contribution >= 0.6 is 0 Å². The van der Waals surface area contributed by atoms with Crippen LogP contribution in [0.5, 0.6) is 0 Å². The maximum atomic E-state index is 12.4. The molecule has 0 spiro atoms.